The van der Waals surface area contributed by atoms with Gasteiger partial charge in [0.25, 0.3) is 0 Å². The summed E-state index contributed by atoms with van der Waals surface area (Å²) in [7, 11) is 1.99. The molecule has 3 rings (SSSR count). The quantitative estimate of drug-likeness (QED) is 0.741. The Morgan fingerprint density at radius 3 is 2.52 bits per heavy atom. The zero-order valence-corrected chi connectivity index (χ0v) is 12.3. The summed E-state index contributed by atoms with van der Waals surface area (Å²) in [6.07, 6.45) is 0. The van der Waals surface area contributed by atoms with Gasteiger partial charge in [0, 0.05) is 31.4 Å². The first-order valence-electron chi connectivity index (χ1n) is 6.82. The Bertz CT molecular complexity index is 777. The fourth-order valence-electron chi connectivity index (χ4n) is 2.41. The Labute approximate surface area is 122 Å². The Kier molecular flexibility index (Phi) is 3.33. The lowest BCUT2D eigenvalue weighted by Crippen LogP contribution is -2.20. The number of hydrogen-bond acceptors (Lipinski definition) is 3. The molecule has 3 aromatic rings. The largest absolute Gasteiger partial charge is 0.355 e. The fourth-order valence-corrected chi connectivity index (χ4v) is 2.41. The molecule has 0 bridgehead atoms. The van der Waals surface area contributed by atoms with Crippen molar-refractivity contribution >= 4 is 11.5 Å². The van der Waals surface area contributed by atoms with Crippen LogP contribution < -0.4 is 4.90 Å². The van der Waals surface area contributed by atoms with Crippen LogP contribution in [0.15, 0.2) is 36.4 Å². The number of benzene rings is 1. The van der Waals surface area contributed by atoms with E-state index >= 15 is 0 Å². The van der Waals surface area contributed by atoms with Gasteiger partial charge in [-0.1, -0.05) is 12.1 Å². The number of hydrogen-bond donors (Lipinski definition) is 0. The molecule has 0 unspecified atom stereocenters. The summed E-state index contributed by atoms with van der Waals surface area (Å²) in [5.41, 5.74) is 3.77. The van der Waals surface area contributed by atoms with Crippen LogP contribution >= 0.6 is 0 Å². The maximum Gasteiger partial charge on any atom is 0.157 e. The normalized spacial score (nSPS) is 11.0. The minimum Gasteiger partial charge on any atom is -0.355 e. The number of nitrogens with zero attached hydrogens (tertiary/aromatic N) is 4. The van der Waals surface area contributed by atoms with Gasteiger partial charge in [0.2, 0.25) is 0 Å². The minimum absolute atomic E-state index is 0.216. The molecule has 0 radical (unpaired) electrons. The number of anilines is 1. The van der Waals surface area contributed by atoms with Gasteiger partial charge in [-0.2, -0.15) is 9.61 Å². The average Bonchev–Trinajstić information content (AvgIpc) is 2.80. The second-order valence-electron chi connectivity index (χ2n) is 5.29. The molecule has 2 heterocycles. The Balaban J connectivity index is 1.97. The fraction of sp³-hybridized carbons (Fsp3) is 0.250. The van der Waals surface area contributed by atoms with E-state index in [9.17, 15) is 4.39 Å². The summed E-state index contributed by atoms with van der Waals surface area (Å²) in [4.78, 5) is 6.57. The molecule has 0 spiro atoms. The van der Waals surface area contributed by atoms with Crippen molar-refractivity contribution in [1.82, 2.24) is 14.6 Å². The van der Waals surface area contributed by atoms with Gasteiger partial charge in [0.05, 0.1) is 5.69 Å². The van der Waals surface area contributed by atoms with E-state index in [1.165, 1.54) is 12.1 Å². The van der Waals surface area contributed by atoms with Crippen LogP contribution in [-0.2, 0) is 6.54 Å². The molecule has 0 aliphatic rings. The van der Waals surface area contributed by atoms with E-state index in [0.29, 0.717) is 6.54 Å². The van der Waals surface area contributed by atoms with E-state index in [1.54, 1.807) is 12.1 Å². The molecule has 0 aliphatic carbocycles. The van der Waals surface area contributed by atoms with Gasteiger partial charge in [-0.3, -0.25) is 0 Å². The van der Waals surface area contributed by atoms with E-state index in [0.717, 1.165) is 28.4 Å². The van der Waals surface area contributed by atoms with Crippen molar-refractivity contribution in [3.8, 4) is 0 Å². The molecule has 0 amide bonds. The number of halogens is 1. The summed E-state index contributed by atoms with van der Waals surface area (Å²) >= 11 is 0. The second kappa shape index (κ2) is 5.16. The van der Waals surface area contributed by atoms with Crippen LogP contribution in [0.4, 0.5) is 10.2 Å². The molecule has 1 aromatic carbocycles. The van der Waals surface area contributed by atoms with Gasteiger partial charge in [-0.25, -0.2) is 9.37 Å². The summed E-state index contributed by atoms with van der Waals surface area (Å²) in [6.45, 7) is 4.60. The minimum atomic E-state index is -0.216. The van der Waals surface area contributed by atoms with Crippen LogP contribution in [0.2, 0.25) is 0 Å². The summed E-state index contributed by atoms with van der Waals surface area (Å²) in [5, 5.41) is 4.48. The summed E-state index contributed by atoms with van der Waals surface area (Å²) < 4.78 is 14.8. The Morgan fingerprint density at radius 2 is 1.81 bits per heavy atom. The van der Waals surface area contributed by atoms with Crippen molar-refractivity contribution in [3.63, 3.8) is 0 Å². The van der Waals surface area contributed by atoms with Crippen LogP contribution in [0.25, 0.3) is 5.65 Å². The topological polar surface area (TPSA) is 33.4 Å². The lowest BCUT2D eigenvalue weighted by molar-refractivity contribution is 0.627. The molecular formula is C16H17FN4. The van der Waals surface area contributed by atoms with Crippen LogP contribution in [0.1, 0.15) is 17.0 Å². The Morgan fingerprint density at radius 1 is 1.10 bits per heavy atom. The summed E-state index contributed by atoms with van der Waals surface area (Å²) in [5.74, 6) is 0.751. The van der Waals surface area contributed by atoms with Gasteiger partial charge >= 0.3 is 0 Å². The smallest absolute Gasteiger partial charge is 0.157 e. The number of fused-ring (bicyclic) bond motifs is 1. The van der Waals surface area contributed by atoms with E-state index in [4.69, 9.17) is 0 Å². The molecule has 0 saturated carbocycles. The van der Waals surface area contributed by atoms with E-state index in [1.807, 2.05) is 37.5 Å². The Hall–Kier alpha value is -2.43. The highest BCUT2D eigenvalue weighted by Crippen LogP contribution is 2.19. The van der Waals surface area contributed by atoms with E-state index < -0.39 is 0 Å². The first kappa shape index (κ1) is 13.5. The molecule has 0 N–H and O–H groups in total. The van der Waals surface area contributed by atoms with E-state index in [2.05, 4.69) is 15.0 Å². The SMILES string of the molecule is Cc1cc(N(C)Cc2ccc(F)cc2)n2nc(C)cc2n1. The highest BCUT2D eigenvalue weighted by atomic mass is 19.1. The standard InChI is InChI=1S/C16H17FN4/c1-11-9-16(21-15(18-11)8-12(2)19-21)20(3)10-13-4-6-14(17)7-5-13/h4-9H,10H2,1-3H3. The van der Waals surface area contributed by atoms with E-state index in [-0.39, 0.29) is 5.82 Å². The van der Waals surface area contributed by atoms with Crippen LogP contribution in [-0.4, -0.2) is 21.6 Å². The van der Waals surface area contributed by atoms with Crippen LogP contribution in [0.3, 0.4) is 0 Å². The van der Waals surface area contributed by atoms with Crippen molar-refractivity contribution in [2.24, 2.45) is 0 Å². The monoisotopic (exact) mass is 284 g/mol. The third-order valence-corrected chi connectivity index (χ3v) is 3.38. The molecule has 2 aromatic heterocycles. The number of aromatic nitrogens is 3. The lowest BCUT2D eigenvalue weighted by atomic mass is 10.2. The number of aryl methyl sites for hydroxylation is 2. The molecule has 4 nitrogen and oxygen atoms in total. The molecule has 0 atom stereocenters. The van der Waals surface area contributed by atoms with Crippen molar-refractivity contribution < 1.29 is 4.39 Å². The molecule has 21 heavy (non-hydrogen) atoms. The highest BCUT2D eigenvalue weighted by molar-refractivity contribution is 5.51. The summed E-state index contributed by atoms with van der Waals surface area (Å²) in [6, 6.07) is 10.5. The van der Waals surface area contributed by atoms with Crippen molar-refractivity contribution in [1.29, 1.82) is 0 Å². The lowest BCUT2D eigenvalue weighted by Gasteiger charge is -2.20. The van der Waals surface area contributed by atoms with Crippen molar-refractivity contribution in [2.45, 2.75) is 20.4 Å². The average molecular weight is 284 g/mol. The molecular weight excluding hydrogens is 267 g/mol. The van der Waals surface area contributed by atoms with Gasteiger partial charge < -0.3 is 4.90 Å². The molecule has 5 heteroatoms. The third kappa shape index (κ3) is 2.72. The van der Waals surface area contributed by atoms with Crippen LogP contribution in [0.5, 0.6) is 0 Å². The van der Waals surface area contributed by atoms with Gasteiger partial charge in [-0.05, 0) is 31.5 Å². The van der Waals surface area contributed by atoms with Gasteiger partial charge in [0.15, 0.2) is 5.65 Å². The zero-order chi connectivity index (χ0) is 15.0. The highest BCUT2D eigenvalue weighted by Gasteiger charge is 2.11. The molecule has 0 aliphatic heterocycles. The maximum atomic E-state index is 13.0. The van der Waals surface area contributed by atoms with Crippen molar-refractivity contribution in [2.75, 3.05) is 11.9 Å². The first-order valence-corrected chi connectivity index (χ1v) is 6.82. The van der Waals surface area contributed by atoms with Crippen molar-refractivity contribution in [3.05, 3.63) is 59.2 Å². The zero-order valence-electron chi connectivity index (χ0n) is 12.3. The predicted molar refractivity (Wildman–Crippen MR) is 81.0 cm³/mol. The molecule has 108 valence electrons. The van der Waals surface area contributed by atoms with Gasteiger partial charge in [0.1, 0.15) is 11.6 Å². The third-order valence-electron chi connectivity index (χ3n) is 3.38. The first-order chi connectivity index (χ1) is 10.0. The second-order valence-corrected chi connectivity index (χ2v) is 5.29. The van der Waals surface area contributed by atoms with Crippen LogP contribution in [0, 0.1) is 19.7 Å². The maximum absolute atomic E-state index is 13.0. The number of rotatable bonds is 3. The molecule has 0 fully saturated rings. The van der Waals surface area contributed by atoms with Gasteiger partial charge in [-0.15, -0.1) is 0 Å². The predicted octanol–water partition coefficient (Wildman–Crippen LogP) is 3.12. The molecule has 0 saturated heterocycles.